The maximum Gasteiger partial charge on any atom is 0.355 e. The molecule has 168 valence electrons. The van der Waals surface area contributed by atoms with Gasteiger partial charge >= 0.3 is 13.6 Å². The molecule has 0 bridgehead atoms. The van der Waals surface area contributed by atoms with E-state index in [0.29, 0.717) is 31.4 Å². The van der Waals surface area contributed by atoms with E-state index < -0.39 is 31.4 Å². The summed E-state index contributed by atoms with van der Waals surface area (Å²) in [6.07, 6.45) is 0.137. The Balaban J connectivity index is 2.14. The zero-order chi connectivity index (χ0) is 22.7. The molecule has 0 spiro atoms. The second kappa shape index (κ2) is 12.4. The fourth-order valence-corrected chi connectivity index (χ4v) is 4.59. The quantitative estimate of drug-likeness (QED) is 0.273. The molecule has 0 aliphatic heterocycles. The molecule has 0 aromatic heterocycles. The Bertz CT molecular complexity index is 878. The first-order valence-electron chi connectivity index (χ1n) is 10.2. The van der Waals surface area contributed by atoms with Gasteiger partial charge in [-0.05, 0) is 43.4 Å². The highest BCUT2D eigenvalue weighted by Crippen LogP contribution is 2.56. The molecule has 0 heterocycles. The molecule has 0 aliphatic rings. The molecule has 3 atom stereocenters. The summed E-state index contributed by atoms with van der Waals surface area (Å²) in [5.74, 6) is -3.16. The zero-order valence-electron chi connectivity index (χ0n) is 17.2. The van der Waals surface area contributed by atoms with E-state index >= 15 is 0 Å². The number of carbonyl (C=O) groups is 2. The van der Waals surface area contributed by atoms with Gasteiger partial charge in [0.15, 0.2) is 11.9 Å². The minimum atomic E-state index is -4.58. The van der Waals surface area contributed by atoms with E-state index in [1.54, 1.807) is 30.3 Å². The van der Waals surface area contributed by atoms with Gasteiger partial charge in [0.1, 0.15) is 0 Å². The topological polar surface area (TPSA) is 139 Å². The molecule has 5 N–H and O–H groups in total. The van der Waals surface area contributed by atoms with Crippen LogP contribution in [0.1, 0.15) is 42.6 Å². The van der Waals surface area contributed by atoms with Gasteiger partial charge in [-0.25, -0.2) is 4.79 Å². The van der Waals surface area contributed by atoms with E-state index in [-0.39, 0.29) is 12.8 Å². The van der Waals surface area contributed by atoms with E-state index in [2.05, 4.69) is 5.32 Å². The number of nitrogens with two attached hydrogens (primary N) is 1. The fourth-order valence-electron chi connectivity index (χ4n) is 3.05. The van der Waals surface area contributed by atoms with Crippen molar-refractivity contribution in [2.24, 2.45) is 5.73 Å². The lowest BCUT2D eigenvalue weighted by molar-refractivity contribution is -0.145. The smallest absolute Gasteiger partial charge is 0.355 e. The number of amides is 1. The van der Waals surface area contributed by atoms with Crippen molar-refractivity contribution in [3.05, 3.63) is 71.8 Å². The van der Waals surface area contributed by atoms with Gasteiger partial charge in [-0.1, -0.05) is 60.7 Å². The maximum absolute atomic E-state index is 13.1. The summed E-state index contributed by atoms with van der Waals surface area (Å²) in [7, 11) is -4.58. The number of hydrogen-bond donors (Lipinski definition) is 4. The zero-order valence-corrected chi connectivity index (χ0v) is 18.1. The molecule has 0 radical (unpaired) electrons. The highest BCUT2D eigenvalue weighted by Gasteiger charge is 2.39. The molecule has 2 aromatic carbocycles. The molecule has 9 heteroatoms. The number of hydrogen-bond acceptors (Lipinski definition) is 5. The molecule has 8 nitrogen and oxygen atoms in total. The third-order valence-electron chi connectivity index (χ3n) is 4.70. The van der Waals surface area contributed by atoms with Crippen LogP contribution in [0.25, 0.3) is 0 Å². The van der Waals surface area contributed by atoms with Crippen LogP contribution < -0.4 is 11.1 Å². The normalized spacial score (nSPS) is 14.9. The lowest BCUT2D eigenvalue weighted by atomic mass is 10.1. The summed E-state index contributed by atoms with van der Waals surface area (Å²) < 4.78 is 18.3. The van der Waals surface area contributed by atoms with Gasteiger partial charge in [0.25, 0.3) is 0 Å². The van der Waals surface area contributed by atoms with E-state index in [0.717, 1.165) is 5.56 Å². The van der Waals surface area contributed by atoms with Crippen molar-refractivity contribution in [1.82, 2.24) is 5.32 Å². The number of carboxylic acid groups (broad SMARTS) is 1. The van der Waals surface area contributed by atoms with Gasteiger partial charge in [0.2, 0.25) is 5.91 Å². The summed E-state index contributed by atoms with van der Waals surface area (Å²) in [5, 5.41) is 12.0. The third kappa shape index (κ3) is 8.26. The predicted octanol–water partition coefficient (Wildman–Crippen LogP) is 3.22. The second-order valence-electron chi connectivity index (χ2n) is 7.15. The van der Waals surface area contributed by atoms with Crippen molar-refractivity contribution < 1.29 is 28.7 Å². The average molecular weight is 448 g/mol. The molecule has 1 amide bonds. The van der Waals surface area contributed by atoms with E-state index in [1.165, 1.54) is 0 Å². The molecular weight excluding hydrogens is 419 g/mol. The Hall–Kier alpha value is -2.51. The highest BCUT2D eigenvalue weighted by atomic mass is 31.2. The summed E-state index contributed by atoms with van der Waals surface area (Å²) in [6.45, 7) is 0.382. The minimum Gasteiger partial charge on any atom is -0.479 e. The molecule has 0 aliphatic carbocycles. The van der Waals surface area contributed by atoms with Crippen molar-refractivity contribution in [2.75, 3.05) is 6.54 Å². The van der Waals surface area contributed by atoms with Crippen LogP contribution in [0, 0.1) is 0 Å². The molecule has 0 saturated carbocycles. The molecule has 2 rings (SSSR count). The van der Waals surface area contributed by atoms with Crippen LogP contribution in [0.5, 0.6) is 0 Å². The largest absolute Gasteiger partial charge is 0.479 e. The Morgan fingerprint density at radius 2 is 1.65 bits per heavy atom. The van der Waals surface area contributed by atoms with Crippen LogP contribution in [-0.2, 0) is 25.1 Å². The van der Waals surface area contributed by atoms with Crippen molar-refractivity contribution in [3.8, 4) is 0 Å². The molecule has 31 heavy (non-hydrogen) atoms. The first-order valence-corrected chi connectivity index (χ1v) is 11.8. The number of rotatable bonds is 13. The molecule has 3 unspecified atom stereocenters. The first kappa shape index (κ1) is 24.8. The molecule has 0 saturated heterocycles. The summed E-state index contributed by atoms with van der Waals surface area (Å²) in [5.41, 5.74) is 6.74. The maximum atomic E-state index is 13.1. The molecular formula is C22H29N2O6P. The van der Waals surface area contributed by atoms with E-state index in [9.17, 15) is 24.2 Å². The molecule has 0 fully saturated rings. The second-order valence-corrected chi connectivity index (χ2v) is 9.00. The lowest BCUT2D eigenvalue weighted by Gasteiger charge is -2.26. The van der Waals surface area contributed by atoms with Gasteiger partial charge < -0.3 is 21.1 Å². The minimum absolute atomic E-state index is 0.0422. The Morgan fingerprint density at radius 1 is 1.03 bits per heavy atom. The predicted molar refractivity (Wildman–Crippen MR) is 117 cm³/mol. The average Bonchev–Trinajstić information content (AvgIpc) is 2.76. The Kier molecular flexibility index (Phi) is 9.88. The van der Waals surface area contributed by atoms with Crippen molar-refractivity contribution >= 4 is 19.5 Å². The van der Waals surface area contributed by atoms with E-state index in [1.807, 2.05) is 30.3 Å². The lowest BCUT2D eigenvalue weighted by Crippen LogP contribution is -2.31. The van der Waals surface area contributed by atoms with Gasteiger partial charge in [-0.3, -0.25) is 13.9 Å². The van der Waals surface area contributed by atoms with Crippen LogP contribution in [0.4, 0.5) is 0 Å². The van der Waals surface area contributed by atoms with Crippen LogP contribution in [-0.4, -0.2) is 34.5 Å². The fraction of sp³-hybridized carbons (Fsp3) is 0.364. The van der Waals surface area contributed by atoms with Gasteiger partial charge in [-0.15, -0.1) is 0 Å². The summed E-state index contributed by atoms with van der Waals surface area (Å²) >= 11 is 0. The van der Waals surface area contributed by atoms with Gasteiger partial charge in [-0.2, -0.15) is 0 Å². The van der Waals surface area contributed by atoms with Crippen LogP contribution >= 0.6 is 7.60 Å². The summed E-state index contributed by atoms with van der Waals surface area (Å²) in [4.78, 5) is 34.8. The number of nitrogens with one attached hydrogen (secondary N) is 1. The van der Waals surface area contributed by atoms with Crippen LogP contribution in [0.3, 0.4) is 0 Å². The first-order chi connectivity index (χ1) is 14.8. The SMILES string of the molecule is NCCCCC(OP(=O)(O)C(NC(=O)CCc1ccccc1)c1ccccc1)C(=O)O. The summed E-state index contributed by atoms with van der Waals surface area (Å²) in [6, 6.07) is 17.6. The Morgan fingerprint density at radius 3 is 2.23 bits per heavy atom. The third-order valence-corrected chi connectivity index (χ3v) is 6.33. The van der Waals surface area contributed by atoms with Crippen molar-refractivity contribution in [2.45, 2.75) is 44.0 Å². The monoisotopic (exact) mass is 448 g/mol. The highest BCUT2D eigenvalue weighted by molar-refractivity contribution is 7.53. The number of unbranched alkanes of at least 4 members (excludes halogenated alkanes) is 1. The van der Waals surface area contributed by atoms with Crippen LogP contribution in [0.2, 0.25) is 0 Å². The molecule has 2 aromatic rings. The van der Waals surface area contributed by atoms with Gasteiger partial charge in [0, 0.05) is 6.42 Å². The van der Waals surface area contributed by atoms with Gasteiger partial charge in [0.05, 0.1) is 0 Å². The Labute approximate surface area is 182 Å². The number of aryl methyl sites for hydroxylation is 1. The standard InChI is InChI=1S/C22H29N2O6P/c23-16-8-7-13-19(22(26)27)30-31(28,29)21(18-11-5-2-6-12-18)24-20(25)15-14-17-9-3-1-4-10-17/h1-6,9-12,19,21H,7-8,13-16,23H2,(H,24,25)(H,26,27)(H,28,29). The number of carboxylic acids is 1. The van der Waals surface area contributed by atoms with Crippen molar-refractivity contribution in [1.29, 1.82) is 0 Å². The number of benzene rings is 2. The van der Waals surface area contributed by atoms with Crippen LogP contribution in [0.15, 0.2) is 60.7 Å². The number of aliphatic carboxylic acids is 1. The number of carbonyl (C=O) groups excluding carboxylic acids is 1. The van der Waals surface area contributed by atoms with Crippen molar-refractivity contribution in [3.63, 3.8) is 0 Å². The van der Waals surface area contributed by atoms with E-state index in [4.69, 9.17) is 10.3 Å².